The summed E-state index contributed by atoms with van der Waals surface area (Å²) in [6.45, 7) is 6.24. The lowest BCUT2D eigenvalue weighted by molar-refractivity contribution is -0.0114. The first-order valence-corrected chi connectivity index (χ1v) is 6.65. The molecule has 0 spiro atoms. The van der Waals surface area contributed by atoms with Crippen molar-refractivity contribution in [3.05, 3.63) is 42.1 Å². The number of ether oxygens (including phenoxy) is 1. The van der Waals surface area contributed by atoms with E-state index < -0.39 is 5.60 Å². The summed E-state index contributed by atoms with van der Waals surface area (Å²) in [7, 11) is 0. The van der Waals surface area contributed by atoms with Gasteiger partial charge in [-0.25, -0.2) is 0 Å². The maximum atomic E-state index is 12.7. The molecule has 0 aliphatic rings. The van der Waals surface area contributed by atoms with Crippen molar-refractivity contribution in [2.75, 3.05) is 6.61 Å². The van der Waals surface area contributed by atoms with Gasteiger partial charge in [-0.3, -0.25) is 9.78 Å². The molecule has 0 bridgehead atoms. The zero-order valence-electron chi connectivity index (χ0n) is 11.6. The van der Waals surface area contributed by atoms with E-state index in [0.717, 1.165) is 10.9 Å². The van der Waals surface area contributed by atoms with Gasteiger partial charge in [0.2, 0.25) is 0 Å². The zero-order valence-corrected chi connectivity index (χ0v) is 11.6. The van der Waals surface area contributed by atoms with Crippen molar-refractivity contribution in [1.82, 2.24) is 4.98 Å². The number of rotatable bonds is 5. The largest absolute Gasteiger partial charge is 0.367 e. The molecule has 19 heavy (non-hydrogen) atoms. The van der Waals surface area contributed by atoms with E-state index in [4.69, 9.17) is 4.74 Å². The molecule has 0 saturated heterocycles. The van der Waals surface area contributed by atoms with E-state index in [-0.39, 0.29) is 5.78 Å². The lowest BCUT2D eigenvalue weighted by Gasteiger charge is -2.26. The molecule has 0 amide bonds. The van der Waals surface area contributed by atoms with Gasteiger partial charge in [0.1, 0.15) is 5.60 Å². The fourth-order valence-corrected chi connectivity index (χ4v) is 2.22. The summed E-state index contributed by atoms with van der Waals surface area (Å²) < 4.78 is 5.67. The quantitative estimate of drug-likeness (QED) is 0.768. The number of nitrogens with zero attached hydrogens (tertiary/aromatic N) is 1. The number of para-hydroxylation sites is 1. The Morgan fingerprint density at radius 3 is 2.68 bits per heavy atom. The third-order valence-corrected chi connectivity index (χ3v) is 3.50. The molecule has 100 valence electrons. The molecule has 0 fully saturated rings. The number of pyridine rings is 1. The Balaban J connectivity index is 2.52. The fourth-order valence-electron chi connectivity index (χ4n) is 2.22. The van der Waals surface area contributed by atoms with Crippen LogP contribution in [0.3, 0.4) is 0 Å². The molecule has 3 heteroatoms. The van der Waals surface area contributed by atoms with Gasteiger partial charge in [-0.15, -0.1) is 0 Å². The van der Waals surface area contributed by atoms with Crippen LogP contribution < -0.4 is 0 Å². The summed E-state index contributed by atoms with van der Waals surface area (Å²) in [5.41, 5.74) is 0.603. The van der Waals surface area contributed by atoms with Crippen LogP contribution in [0.4, 0.5) is 0 Å². The molecule has 0 aliphatic heterocycles. The number of carbonyl (C=O) groups is 1. The lowest BCUT2D eigenvalue weighted by Crippen LogP contribution is -2.38. The molecular weight excluding hydrogens is 238 g/mol. The van der Waals surface area contributed by atoms with Crippen LogP contribution in [0.1, 0.15) is 37.6 Å². The van der Waals surface area contributed by atoms with Gasteiger partial charge in [-0.1, -0.05) is 25.1 Å². The minimum atomic E-state index is -0.777. The van der Waals surface area contributed by atoms with E-state index >= 15 is 0 Å². The Bertz CT molecular complexity index is 589. The molecule has 3 nitrogen and oxygen atoms in total. The first kappa shape index (κ1) is 13.7. The van der Waals surface area contributed by atoms with Gasteiger partial charge >= 0.3 is 0 Å². The maximum Gasteiger partial charge on any atom is 0.196 e. The van der Waals surface area contributed by atoms with Gasteiger partial charge in [0.05, 0.1) is 5.52 Å². The van der Waals surface area contributed by atoms with Gasteiger partial charge in [-0.05, 0) is 32.4 Å². The topological polar surface area (TPSA) is 39.2 Å². The Morgan fingerprint density at radius 2 is 2.00 bits per heavy atom. The highest BCUT2D eigenvalue weighted by Crippen LogP contribution is 2.25. The third-order valence-electron chi connectivity index (χ3n) is 3.50. The highest BCUT2D eigenvalue weighted by Gasteiger charge is 2.33. The minimum Gasteiger partial charge on any atom is -0.367 e. The highest BCUT2D eigenvalue weighted by atomic mass is 16.5. The van der Waals surface area contributed by atoms with E-state index in [2.05, 4.69) is 4.98 Å². The maximum absolute atomic E-state index is 12.7. The Labute approximate surface area is 113 Å². The van der Waals surface area contributed by atoms with Crippen molar-refractivity contribution < 1.29 is 9.53 Å². The van der Waals surface area contributed by atoms with Crippen LogP contribution in [0.25, 0.3) is 10.9 Å². The molecule has 0 N–H and O–H groups in total. The highest BCUT2D eigenvalue weighted by molar-refractivity contribution is 6.10. The molecule has 1 unspecified atom stereocenters. The second-order valence-electron chi connectivity index (χ2n) is 4.73. The van der Waals surface area contributed by atoms with E-state index in [1.165, 1.54) is 0 Å². The molecule has 1 aromatic heterocycles. The molecule has 1 aromatic carbocycles. The second-order valence-corrected chi connectivity index (χ2v) is 4.73. The standard InChI is InChI=1S/C16H19NO2/c1-4-16(3,19-5-2)15(18)13-10-6-8-12-9-7-11-17-14(12)13/h6-11H,4-5H2,1-3H3. The van der Waals surface area contributed by atoms with Crippen molar-refractivity contribution in [1.29, 1.82) is 0 Å². The van der Waals surface area contributed by atoms with Crippen LogP contribution >= 0.6 is 0 Å². The molecule has 2 aromatic rings. The average molecular weight is 257 g/mol. The average Bonchev–Trinajstić information content (AvgIpc) is 2.46. The lowest BCUT2D eigenvalue weighted by atomic mass is 9.90. The molecule has 0 aliphatic carbocycles. The van der Waals surface area contributed by atoms with Crippen molar-refractivity contribution in [3.8, 4) is 0 Å². The number of aromatic nitrogens is 1. The summed E-state index contributed by atoms with van der Waals surface area (Å²) in [4.78, 5) is 17.1. The molecule has 0 saturated carbocycles. The summed E-state index contributed by atoms with van der Waals surface area (Å²) in [6.07, 6.45) is 2.35. The summed E-state index contributed by atoms with van der Waals surface area (Å²) in [5.74, 6) is 0.00106. The first-order chi connectivity index (χ1) is 9.12. The zero-order chi connectivity index (χ0) is 13.9. The van der Waals surface area contributed by atoms with Gasteiger partial charge in [-0.2, -0.15) is 0 Å². The van der Waals surface area contributed by atoms with Gasteiger partial charge in [0.15, 0.2) is 5.78 Å². The Morgan fingerprint density at radius 1 is 1.26 bits per heavy atom. The van der Waals surface area contributed by atoms with Crippen LogP contribution in [-0.2, 0) is 4.74 Å². The van der Waals surface area contributed by atoms with Crippen LogP contribution in [0.15, 0.2) is 36.5 Å². The van der Waals surface area contributed by atoms with Crippen molar-refractivity contribution in [3.63, 3.8) is 0 Å². The molecular formula is C16H19NO2. The van der Waals surface area contributed by atoms with Gasteiger partial charge in [0.25, 0.3) is 0 Å². The van der Waals surface area contributed by atoms with Crippen LogP contribution in [0.5, 0.6) is 0 Å². The smallest absolute Gasteiger partial charge is 0.196 e. The SMILES string of the molecule is CCOC(C)(CC)C(=O)c1cccc2cccnc12. The third kappa shape index (κ3) is 2.51. The Hall–Kier alpha value is -1.74. The number of fused-ring (bicyclic) bond motifs is 1. The number of hydrogen-bond acceptors (Lipinski definition) is 3. The number of carbonyl (C=O) groups excluding carboxylic acids is 1. The van der Waals surface area contributed by atoms with Crippen molar-refractivity contribution in [2.45, 2.75) is 32.8 Å². The predicted molar refractivity (Wildman–Crippen MR) is 76.4 cm³/mol. The van der Waals surface area contributed by atoms with E-state index in [1.807, 2.05) is 51.1 Å². The van der Waals surface area contributed by atoms with Gasteiger partial charge in [0, 0.05) is 23.8 Å². The van der Waals surface area contributed by atoms with E-state index in [0.29, 0.717) is 18.6 Å². The van der Waals surface area contributed by atoms with E-state index in [1.54, 1.807) is 6.20 Å². The van der Waals surface area contributed by atoms with Crippen molar-refractivity contribution >= 4 is 16.7 Å². The normalized spacial score (nSPS) is 14.3. The van der Waals surface area contributed by atoms with Crippen LogP contribution in [0, 0.1) is 0 Å². The number of benzene rings is 1. The van der Waals surface area contributed by atoms with Gasteiger partial charge < -0.3 is 4.74 Å². The Kier molecular flexibility index (Phi) is 3.96. The predicted octanol–water partition coefficient (Wildman–Crippen LogP) is 3.62. The van der Waals surface area contributed by atoms with Crippen molar-refractivity contribution in [2.24, 2.45) is 0 Å². The summed E-state index contributed by atoms with van der Waals surface area (Å²) in [5, 5.41) is 0.975. The number of ketones is 1. The monoisotopic (exact) mass is 257 g/mol. The molecule has 1 heterocycles. The number of Topliss-reactive ketones (excluding diaryl/α,β-unsaturated/α-hetero) is 1. The molecule has 2 rings (SSSR count). The first-order valence-electron chi connectivity index (χ1n) is 6.65. The van der Waals surface area contributed by atoms with Crippen LogP contribution in [0.2, 0.25) is 0 Å². The summed E-state index contributed by atoms with van der Waals surface area (Å²) >= 11 is 0. The second kappa shape index (κ2) is 5.49. The van der Waals surface area contributed by atoms with Crippen LogP contribution in [-0.4, -0.2) is 23.0 Å². The summed E-state index contributed by atoms with van der Waals surface area (Å²) in [6, 6.07) is 9.51. The number of hydrogen-bond donors (Lipinski definition) is 0. The molecule has 1 atom stereocenters. The molecule has 0 radical (unpaired) electrons. The minimum absolute atomic E-state index is 0.00106. The fraction of sp³-hybridized carbons (Fsp3) is 0.375. The van der Waals surface area contributed by atoms with E-state index in [9.17, 15) is 4.79 Å².